The number of hydrogen-bond donors (Lipinski definition) is 1. The van der Waals surface area contributed by atoms with Crippen LogP contribution in [0.5, 0.6) is 0 Å². The maximum atomic E-state index is 12.4. The van der Waals surface area contributed by atoms with Gasteiger partial charge in [-0.15, -0.1) is 0 Å². The van der Waals surface area contributed by atoms with E-state index in [1.54, 1.807) is 4.68 Å². The van der Waals surface area contributed by atoms with Crippen molar-refractivity contribution in [2.24, 2.45) is 5.92 Å². The Labute approximate surface area is 151 Å². The zero-order valence-electron chi connectivity index (χ0n) is 13.7. The van der Waals surface area contributed by atoms with Crippen LogP contribution in [0.2, 0.25) is 5.02 Å². The van der Waals surface area contributed by atoms with Crippen molar-refractivity contribution in [3.63, 3.8) is 0 Å². The molecule has 126 valence electrons. The van der Waals surface area contributed by atoms with Crippen molar-refractivity contribution in [2.45, 2.75) is 19.3 Å². The third-order valence-electron chi connectivity index (χ3n) is 4.59. The fourth-order valence-electron chi connectivity index (χ4n) is 2.93. The molecule has 4 nitrogen and oxygen atoms in total. The van der Waals surface area contributed by atoms with Crippen LogP contribution >= 0.6 is 11.6 Å². The molecular formula is C20H18ClN3O. The van der Waals surface area contributed by atoms with E-state index in [-0.39, 0.29) is 11.8 Å². The molecule has 1 aromatic heterocycles. The quantitative estimate of drug-likeness (QED) is 0.724. The zero-order valence-corrected chi connectivity index (χ0v) is 14.4. The van der Waals surface area contributed by atoms with Crippen LogP contribution in [-0.2, 0) is 4.79 Å². The van der Waals surface area contributed by atoms with Crippen LogP contribution in [-0.4, -0.2) is 15.7 Å². The first-order valence-electron chi connectivity index (χ1n) is 8.43. The molecule has 0 aliphatic heterocycles. The summed E-state index contributed by atoms with van der Waals surface area (Å²) >= 11 is 6.35. The Morgan fingerprint density at radius 3 is 2.48 bits per heavy atom. The van der Waals surface area contributed by atoms with Gasteiger partial charge in [0.25, 0.3) is 0 Å². The smallest absolute Gasteiger partial charge is 0.228 e. The molecule has 1 aliphatic rings. The van der Waals surface area contributed by atoms with E-state index in [0.717, 1.165) is 36.2 Å². The second-order valence-electron chi connectivity index (χ2n) is 6.26. The monoisotopic (exact) mass is 351 g/mol. The molecule has 0 spiro atoms. The number of carbonyl (C=O) groups excluding carboxylic acids is 1. The summed E-state index contributed by atoms with van der Waals surface area (Å²) in [7, 11) is 0. The molecule has 3 aromatic rings. The molecule has 0 radical (unpaired) electrons. The van der Waals surface area contributed by atoms with E-state index >= 15 is 0 Å². The molecule has 0 bridgehead atoms. The van der Waals surface area contributed by atoms with Crippen LogP contribution in [0.1, 0.15) is 19.3 Å². The first-order valence-corrected chi connectivity index (χ1v) is 8.81. The standard InChI is InChI=1S/C20H18ClN3O/c21-16-11-4-5-12-18(16)24-19(22-20(25)15-9-6-10-15)13-17(23-24)14-7-2-1-3-8-14/h1-5,7-8,11-13,15H,6,9-10H2,(H,22,25). The summed E-state index contributed by atoms with van der Waals surface area (Å²) in [5, 5.41) is 8.30. The van der Waals surface area contributed by atoms with Gasteiger partial charge >= 0.3 is 0 Å². The highest BCUT2D eigenvalue weighted by molar-refractivity contribution is 6.32. The van der Waals surface area contributed by atoms with Crippen molar-refractivity contribution in [1.29, 1.82) is 0 Å². The Bertz CT molecular complexity index is 900. The second-order valence-corrected chi connectivity index (χ2v) is 6.67. The number of nitrogens with zero attached hydrogens (tertiary/aromatic N) is 2. The summed E-state index contributed by atoms with van der Waals surface area (Å²) in [5.41, 5.74) is 2.53. The molecule has 1 fully saturated rings. The van der Waals surface area contributed by atoms with Gasteiger partial charge in [-0.3, -0.25) is 4.79 Å². The van der Waals surface area contributed by atoms with Gasteiger partial charge in [0.05, 0.1) is 16.4 Å². The molecule has 25 heavy (non-hydrogen) atoms. The van der Waals surface area contributed by atoms with Crippen LogP contribution in [0.25, 0.3) is 16.9 Å². The lowest BCUT2D eigenvalue weighted by Gasteiger charge is -2.24. The Kier molecular flexibility index (Phi) is 4.28. The second kappa shape index (κ2) is 6.73. The average molecular weight is 352 g/mol. The first kappa shape index (κ1) is 15.9. The molecule has 1 aliphatic carbocycles. The van der Waals surface area contributed by atoms with E-state index < -0.39 is 0 Å². The summed E-state index contributed by atoms with van der Waals surface area (Å²) in [6, 6.07) is 19.3. The van der Waals surface area contributed by atoms with Gasteiger partial charge in [0, 0.05) is 17.5 Å². The van der Waals surface area contributed by atoms with Gasteiger partial charge in [-0.05, 0) is 25.0 Å². The lowest BCUT2D eigenvalue weighted by atomic mass is 9.85. The van der Waals surface area contributed by atoms with Crippen molar-refractivity contribution >= 4 is 23.3 Å². The molecule has 0 unspecified atom stereocenters. The maximum Gasteiger partial charge on any atom is 0.228 e. The topological polar surface area (TPSA) is 46.9 Å². The highest BCUT2D eigenvalue weighted by Crippen LogP contribution is 2.31. The lowest BCUT2D eigenvalue weighted by molar-refractivity contribution is -0.122. The number of amides is 1. The molecular weight excluding hydrogens is 334 g/mol. The van der Waals surface area contributed by atoms with Crippen LogP contribution in [0.3, 0.4) is 0 Å². The van der Waals surface area contributed by atoms with E-state index in [1.165, 1.54) is 0 Å². The number of aromatic nitrogens is 2. The SMILES string of the molecule is O=C(Nc1cc(-c2ccccc2)nn1-c1ccccc1Cl)C1CCC1. The van der Waals surface area contributed by atoms with Crippen molar-refractivity contribution in [3.8, 4) is 16.9 Å². The highest BCUT2D eigenvalue weighted by Gasteiger charge is 2.26. The van der Waals surface area contributed by atoms with Crippen molar-refractivity contribution in [3.05, 3.63) is 65.7 Å². The number of benzene rings is 2. The van der Waals surface area contributed by atoms with Gasteiger partial charge in [-0.2, -0.15) is 5.10 Å². The average Bonchev–Trinajstić information content (AvgIpc) is 2.98. The van der Waals surface area contributed by atoms with Crippen LogP contribution in [0.4, 0.5) is 5.82 Å². The number of carbonyl (C=O) groups is 1. The minimum atomic E-state index is 0.0547. The number of anilines is 1. The summed E-state index contributed by atoms with van der Waals surface area (Å²) in [5.74, 6) is 0.803. The first-order chi connectivity index (χ1) is 12.2. The molecule has 0 saturated heterocycles. The minimum absolute atomic E-state index is 0.0547. The summed E-state index contributed by atoms with van der Waals surface area (Å²) in [6.07, 6.45) is 3.03. The predicted octanol–water partition coefficient (Wildman–Crippen LogP) is 4.93. The van der Waals surface area contributed by atoms with Gasteiger partial charge in [0.2, 0.25) is 5.91 Å². The highest BCUT2D eigenvalue weighted by atomic mass is 35.5. The van der Waals surface area contributed by atoms with E-state index in [9.17, 15) is 4.79 Å². The molecule has 1 heterocycles. The lowest BCUT2D eigenvalue weighted by Crippen LogP contribution is -2.28. The fraction of sp³-hybridized carbons (Fsp3) is 0.200. The van der Waals surface area contributed by atoms with Gasteiger partial charge in [-0.25, -0.2) is 4.68 Å². The molecule has 1 saturated carbocycles. The van der Waals surface area contributed by atoms with E-state index in [1.807, 2.05) is 60.7 Å². The molecule has 0 atom stereocenters. The molecule has 1 amide bonds. The Morgan fingerprint density at radius 1 is 1.08 bits per heavy atom. The zero-order chi connectivity index (χ0) is 17.2. The molecule has 4 rings (SSSR count). The van der Waals surface area contributed by atoms with Gasteiger partial charge in [0.15, 0.2) is 0 Å². The predicted molar refractivity (Wildman–Crippen MR) is 100.0 cm³/mol. The van der Waals surface area contributed by atoms with Gasteiger partial charge in [0.1, 0.15) is 5.82 Å². The van der Waals surface area contributed by atoms with Crippen LogP contribution in [0.15, 0.2) is 60.7 Å². The van der Waals surface area contributed by atoms with Crippen molar-refractivity contribution in [1.82, 2.24) is 9.78 Å². The van der Waals surface area contributed by atoms with Gasteiger partial charge < -0.3 is 5.32 Å². The fourth-order valence-corrected chi connectivity index (χ4v) is 3.14. The van der Waals surface area contributed by atoms with Crippen molar-refractivity contribution in [2.75, 3.05) is 5.32 Å². The largest absolute Gasteiger partial charge is 0.310 e. The number of para-hydroxylation sites is 1. The van der Waals surface area contributed by atoms with E-state index in [0.29, 0.717) is 10.8 Å². The number of nitrogens with one attached hydrogen (secondary N) is 1. The summed E-state index contributed by atoms with van der Waals surface area (Å²) in [6.45, 7) is 0. The van der Waals surface area contributed by atoms with E-state index in [2.05, 4.69) is 10.4 Å². The van der Waals surface area contributed by atoms with E-state index in [4.69, 9.17) is 11.6 Å². The summed E-state index contributed by atoms with van der Waals surface area (Å²) in [4.78, 5) is 12.4. The normalized spacial score (nSPS) is 14.1. The molecule has 5 heteroatoms. The maximum absolute atomic E-state index is 12.4. The third kappa shape index (κ3) is 3.17. The Morgan fingerprint density at radius 2 is 1.80 bits per heavy atom. The Balaban J connectivity index is 1.76. The number of hydrogen-bond acceptors (Lipinski definition) is 2. The minimum Gasteiger partial charge on any atom is -0.310 e. The van der Waals surface area contributed by atoms with Crippen LogP contribution < -0.4 is 5.32 Å². The van der Waals surface area contributed by atoms with Crippen molar-refractivity contribution < 1.29 is 4.79 Å². The number of rotatable bonds is 4. The number of halogens is 1. The third-order valence-corrected chi connectivity index (χ3v) is 4.91. The molecule has 1 N–H and O–H groups in total. The summed E-state index contributed by atoms with van der Waals surface area (Å²) < 4.78 is 1.71. The van der Waals surface area contributed by atoms with Gasteiger partial charge in [-0.1, -0.05) is 60.5 Å². The Hall–Kier alpha value is -2.59. The van der Waals surface area contributed by atoms with Crippen LogP contribution in [0, 0.1) is 5.92 Å². The molecule has 2 aromatic carbocycles.